The summed E-state index contributed by atoms with van der Waals surface area (Å²) in [7, 11) is 1.97. The Morgan fingerprint density at radius 3 is 2.70 bits per heavy atom. The van der Waals surface area contributed by atoms with Crippen LogP contribution in [0, 0.1) is 5.82 Å². The average molecular weight is 280 g/mol. The van der Waals surface area contributed by atoms with Crippen molar-refractivity contribution in [2.24, 2.45) is 0 Å². The molecular weight excluding hydrogens is 259 g/mol. The zero-order valence-corrected chi connectivity index (χ0v) is 11.8. The van der Waals surface area contributed by atoms with Crippen LogP contribution in [0.3, 0.4) is 0 Å². The normalized spacial score (nSPS) is 15.9. The number of likely N-dealkylation sites (tertiary alicyclic amines) is 1. The molecule has 5 heteroatoms. The Kier molecular flexibility index (Phi) is 5.09. The molecule has 0 atom stereocenters. The Labute approximate surface area is 118 Å². The SMILES string of the molecule is CN(CCN1CCCC1)Cc1cc(F)cc(C(=O)O)c1. The lowest BCUT2D eigenvalue weighted by Crippen LogP contribution is -2.31. The van der Waals surface area contributed by atoms with Crippen molar-refractivity contribution in [2.75, 3.05) is 33.2 Å². The first-order valence-electron chi connectivity index (χ1n) is 6.98. The predicted molar refractivity (Wildman–Crippen MR) is 75.4 cm³/mol. The molecule has 4 nitrogen and oxygen atoms in total. The van der Waals surface area contributed by atoms with Crippen LogP contribution in [0.1, 0.15) is 28.8 Å². The second-order valence-corrected chi connectivity index (χ2v) is 5.44. The molecule has 0 amide bonds. The molecule has 1 heterocycles. The molecule has 20 heavy (non-hydrogen) atoms. The third-order valence-corrected chi connectivity index (χ3v) is 3.65. The van der Waals surface area contributed by atoms with Crippen LogP contribution in [0.15, 0.2) is 18.2 Å². The summed E-state index contributed by atoms with van der Waals surface area (Å²) in [5, 5.41) is 8.93. The van der Waals surface area contributed by atoms with Crippen molar-refractivity contribution in [1.29, 1.82) is 0 Å². The molecule has 0 bridgehead atoms. The lowest BCUT2D eigenvalue weighted by atomic mass is 10.1. The van der Waals surface area contributed by atoms with E-state index in [-0.39, 0.29) is 5.56 Å². The molecule has 1 aromatic carbocycles. The molecule has 1 aliphatic rings. The fourth-order valence-corrected chi connectivity index (χ4v) is 2.57. The van der Waals surface area contributed by atoms with Gasteiger partial charge < -0.3 is 14.9 Å². The summed E-state index contributed by atoms with van der Waals surface area (Å²) in [4.78, 5) is 15.4. The number of halogens is 1. The number of hydrogen-bond acceptors (Lipinski definition) is 3. The topological polar surface area (TPSA) is 43.8 Å². The average Bonchev–Trinajstić information content (AvgIpc) is 2.88. The maximum Gasteiger partial charge on any atom is 0.335 e. The third-order valence-electron chi connectivity index (χ3n) is 3.65. The van der Waals surface area contributed by atoms with Crippen molar-refractivity contribution in [2.45, 2.75) is 19.4 Å². The minimum atomic E-state index is -1.09. The highest BCUT2D eigenvalue weighted by atomic mass is 19.1. The van der Waals surface area contributed by atoms with Gasteiger partial charge in [-0.15, -0.1) is 0 Å². The van der Waals surface area contributed by atoms with Gasteiger partial charge >= 0.3 is 5.97 Å². The van der Waals surface area contributed by atoms with Gasteiger partial charge in [-0.1, -0.05) is 0 Å². The second kappa shape index (κ2) is 6.81. The molecule has 1 fully saturated rings. The van der Waals surface area contributed by atoms with E-state index in [4.69, 9.17) is 5.11 Å². The van der Waals surface area contributed by atoms with E-state index < -0.39 is 11.8 Å². The van der Waals surface area contributed by atoms with Crippen molar-refractivity contribution in [3.05, 3.63) is 35.1 Å². The Morgan fingerprint density at radius 1 is 1.35 bits per heavy atom. The van der Waals surface area contributed by atoms with Gasteiger partial charge in [0, 0.05) is 19.6 Å². The number of carboxylic acids is 1. The van der Waals surface area contributed by atoms with Gasteiger partial charge in [-0.05, 0) is 56.7 Å². The quantitative estimate of drug-likeness (QED) is 0.866. The van der Waals surface area contributed by atoms with Crippen LogP contribution in [-0.4, -0.2) is 54.1 Å². The Hall–Kier alpha value is -1.46. The molecule has 0 spiro atoms. The van der Waals surface area contributed by atoms with Gasteiger partial charge in [-0.25, -0.2) is 9.18 Å². The fraction of sp³-hybridized carbons (Fsp3) is 0.533. The number of likely N-dealkylation sites (N-methyl/N-ethyl adjacent to an activating group) is 1. The monoisotopic (exact) mass is 280 g/mol. The summed E-state index contributed by atoms with van der Waals surface area (Å²) in [6.45, 7) is 4.80. The molecule has 0 unspecified atom stereocenters. The number of benzene rings is 1. The van der Waals surface area contributed by atoms with E-state index in [0.29, 0.717) is 12.1 Å². The summed E-state index contributed by atoms with van der Waals surface area (Å²) in [6, 6.07) is 3.99. The fourth-order valence-electron chi connectivity index (χ4n) is 2.57. The van der Waals surface area contributed by atoms with Crippen molar-refractivity contribution in [3.63, 3.8) is 0 Å². The molecule has 0 radical (unpaired) electrons. The smallest absolute Gasteiger partial charge is 0.335 e. The van der Waals surface area contributed by atoms with Crippen LogP contribution in [0.25, 0.3) is 0 Å². The van der Waals surface area contributed by atoms with Gasteiger partial charge in [0.15, 0.2) is 0 Å². The summed E-state index contributed by atoms with van der Waals surface area (Å²) >= 11 is 0. The Morgan fingerprint density at radius 2 is 2.05 bits per heavy atom. The van der Waals surface area contributed by atoms with Crippen LogP contribution >= 0.6 is 0 Å². The number of nitrogens with zero attached hydrogens (tertiary/aromatic N) is 2. The molecule has 0 aromatic heterocycles. The summed E-state index contributed by atoms with van der Waals surface area (Å²) in [5.74, 6) is -1.58. The highest BCUT2D eigenvalue weighted by Crippen LogP contribution is 2.12. The molecule has 0 aliphatic carbocycles. The largest absolute Gasteiger partial charge is 0.478 e. The highest BCUT2D eigenvalue weighted by Gasteiger charge is 2.13. The minimum Gasteiger partial charge on any atom is -0.478 e. The van der Waals surface area contributed by atoms with Crippen LogP contribution in [0.2, 0.25) is 0 Å². The number of rotatable bonds is 6. The second-order valence-electron chi connectivity index (χ2n) is 5.44. The van der Waals surface area contributed by atoms with E-state index in [2.05, 4.69) is 9.80 Å². The first-order valence-corrected chi connectivity index (χ1v) is 6.98. The maximum absolute atomic E-state index is 13.4. The van der Waals surface area contributed by atoms with E-state index in [1.165, 1.54) is 25.0 Å². The summed E-state index contributed by atoms with van der Waals surface area (Å²) in [6.07, 6.45) is 2.55. The van der Waals surface area contributed by atoms with E-state index in [1.54, 1.807) is 0 Å². The molecule has 0 saturated carbocycles. The lowest BCUT2D eigenvalue weighted by Gasteiger charge is -2.21. The van der Waals surface area contributed by atoms with Crippen molar-refractivity contribution < 1.29 is 14.3 Å². The van der Waals surface area contributed by atoms with Gasteiger partial charge in [0.25, 0.3) is 0 Å². The Bertz CT molecular complexity index is 473. The van der Waals surface area contributed by atoms with Crippen molar-refractivity contribution >= 4 is 5.97 Å². The van der Waals surface area contributed by atoms with E-state index in [0.717, 1.165) is 32.2 Å². The standard InChI is InChI=1S/C15H21FN2O2/c1-17(6-7-18-4-2-3-5-18)11-12-8-13(15(19)20)10-14(16)9-12/h8-10H,2-7,11H2,1H3,(H,19,20). The zero-order chi connectivity index (χ0) is 14.5. The third kappa shape index (κ3) is 4.28. The van der Waals surface area contributed by atoms with Crippen LogP contribution in [-0.2, 0) is 6.54 Å². The van der Waals surface area contributed by atoms with E-state index in [9.17, 15) is 9.18 Å². The van der Waals surface area contributed by atoms with Crippen LogP contribution < -0.4 is 0 Å². The van der Waals surface area contributed by atoms with Gasteiger partial charge in [0.1, 0.15) is 5.82 Å². The molecule has 1 N–H and O–H groups in total. The van der Waals surface area contributed by atoms with E-state index >= 15 is 0 Å². The van der Waals surface area contributed by atoms with Gasteiger partial charge in [0.05, 0.1) is 5.56 Å². The number of hydrogen-bond donors (Lipinski definition) is 1. The molecule has 1 aromatic rings. The molecule has 1 aliphatic heterocycles. The molecule has 110 valence electrons. The minimum absolute atomic E-state index is 0.00735. The maximum atomic E-state index is 13.4. The predicted octanol–water partition coefficient (Wildman–Crippen LogP) is 2.05. The summed E-state index contributed by atoms with van der Waals surface area (Å²) in [5.41, 5.74) is 0.708. The van der Waals surface area contributed by atoms with Gasteiger partial charge in [0.2, 0.25) is 0 Å². The van der Waals surface area contributed by atoms with Gasteiger partial charge in [-0.3, -0.25) is 0 Å². The molecule has 2 rings (SSSR count). The Balaban J connectivity index is 1.89. The first-order chi connectivity index (χ1) is 9.54. The lowest BCUT2D eigenvalue weighted by molar-refractivity contribution is 0.0696. The number of carboxylic acid groups (broad SMARTS) is 1. The van der Waals surface area contributed by atoms with Crippen molar-refractivity contribution in [3.8, 4) is 0 Å². The molecule has 1 saturated heterocycles. The van der Waals surface area contributed by atoms with E-state index in [1.807, 2.05) is 7.05 Å². The first kappa shape index (κ1) is 14.9. The summed E-state index contributed by atoms with van der Waals surface area (Å²) < 4.78 is 13.4. The van der Waals surface area contributed by atoms with Crippen LogP contribution in [0.5, 0.6) is 0 Å². The van der Waals surface area contributed by atoms with Gasteiger partial charge in [-0.2, -0.15) is 0 Å². The number of carbonyl (C=O) groups is 1. The zero-order valence-electron chi connectivity index (χ0n) is 11.8. The van der Waals surface area contributed by atoms with Crippen LogP contribution in [0.4, 0.5) is 4.39 Å². The number of aromatic carboxylic acids is 1. The van der Waals surface area contributed by atoms with Crippen molar-refractivity contribution in [1.82, 2.24) is 9.80 Å². The molecular formula is C15H21FN2O2. The highest BCUT2D eigenvalue weighted by molar-refractivity contribution is 5.87.